The molecule has 178 valence electrons. The zero-order valence-electron chi connectivity index (χ0n) is 19.1. The SMILES string of the molecule is COc1cc(C(=O)N2CCC(c3cnc(C)cc3OC)CC2)ncc1OCC1CCC1(F)F. The highest BCUT2D eigenvalue weighted by Gasteiger charge is 2.48. The Labute approximate surface area is 192 Å². The second kappa shape index (κ2) is 9.49. The van der Waals surface area contributed by atoms with Gasteiger partial charge in [-0.15, -0.1) is 0 Å². The van der Waals surface area contributed by atoms with Crippen molar-refractivity contribution >= 4 is 5.91 Å². The van der Waals surface area contributed by atoms with Gasteiger partial charge in [0.05, 0.1) is 32.9 Å². The van der Waals surface area contributed by atoms with Gasteiger partial charge in [-0.1, -0.05) is 0 Å². The number of amides is 1. The Hall–Kier alpha value is -2.97. The van der Waals surface area contributed by atoms with Gasteiger partial charge in [-0.05, 0) is 32.1 Å². The fraction of sp³-hybridized carbons (Fsp3) is 0.542. The summed E-state index contributed by atoms with van der Waals surface area (Å²) in [4.78, 5) is 23.4. The minimum Gasteiger partial charge on any atom is -0.496 e. The molecule has 0 spiro atoms. The van der Waals surface area contributed by atoms with Crippen molar-refractivity contribution in [2.24, 2.45) is 5.92 Å². The summed E-state index contributed by atoms with van der Waals surface area (Å²) in [5.74, 6) is -2.02. The third-order valence-electron chi connectivity index (χ3n) is 6.61. The number of likely N-dealkylation sites (tertiary alicyclic amines) is 1. The summed E-state index contributed by atoms with van der Waals surface area (Å²) in [6.07, 6.45) is 5.15. The molecule has 2 aromatic rings. The summed E-state index contributed by atoms with van der Waals surface area (Å²) in [5.41, 5.74) is 2.20. The Morgan fingerprint density at radius 1 is 1.06 bits per heavy atom. The molecule has 4 rings (SSSR count). The number of piperidine rings is 1. The minimum atomic E-state index is -2.68. The normalized spacial score (nSPS) is 20.2. The second-order valence-electron chi connectivity index (χ2n) is 8.66. The molecule has 1 saturated heterocycles. The van der Waals surface area contributed by atoms with Crippen molar-refractivity contribution in [2.45, 2.75) is 44.4 Å². The molecule has 9 heteroatoms. The van der Waals surface area contributed by atoms with E-state index < -0.39 is 11.8 Å². The largest absolute Gasteiger partial charge is 0.496 e. The maximum absolute atomic E-state index is 13.5. The summed E-state index contributed by atoms with van der Waals surface area (Å²) in [5, 5.41) is 0. The van der Waals surface area contributed by atoms with Crippen LogP contribution in [0.5, 0.6) is 17.2 Å². The van der Waals surface area contributed by atoms with Crippen molar-refractivity contribution in [2.75, 3.05) is 33.9 Å². The molecule has 0 N–H and O–H groups in total. The minimum absolute atomic E-state index is 0.103. The molecule has 0 aromatic carbocycles. The van der Waals surface area contributed by atoms with Gasteiger partial charge in [-0.3, -0.25) is 9.78 Å². The molecule has 1 amide bonds. The van der Waals surface area contributed by atoms with E-state index in [9.17, 15) is 13.6 Å². The molecule has 7 nitrogen and oxygen atoms in total. The van der Waals surface area contributed by atoms with E-state index in [2.05, 4.69) is 9.97 Å². The number of carbonyl (C=O) groups excluding carboxylic acids is 1. The Morgan fingerprint density at radius 2 is 1.79 bits per heavy atom. The van der Waals surface area contributed by atoms with Crippen LogP contribution in [0.3, 0.4) is 0 Å². The van der Waals surface area contributed by atoms with E-state index in [0.29, 0.717) is 25.3 Å². The molecule has 1 unspecified atom stereocenters. The quantitative estimate of drug-likeness (QED) is 0.614. The van der Waals surface area contributed by atoms with E-state index in [1.54, 1.807) is 12.0 Å². The van der Waals surface area contributed by atoms with Crippen LogP contribution in [0.2, 0.25) is 0 Å². The highest BCUT2D eigenvalue weighted by atomic mass is 19.3. The van der Waals surface area contributed by atoms with Crippen molar-refractivity contribution in [1.82, 2.24) is 14.9 Å². The lowest BCUT2D eigenvalue weighted by molar-refractivity contribution is -0.143. The molecule has 2 aromatic heterocycles. The molecular weight excluding hydrogens is 432 g/mol. The predicted molar refractivity (Wildman–Crippen MR) is 117 cm³/mol. The van der Waals surface area contributed by atoms with Gasteiger partial charge in [-0.2, -0.15) is 0 Å². The Kier molecular flexibility index (Phi) is 6.67. The molecule has 2 fully saturated rings. The predicted octanol–water partition coefficient (Wildman–Crippen LogP) is 4.25. The molecule has 1 aliphatic heterocycles. The zero-order valence-corrected chi connectivity index (χ0v) is 19.1. The van der Waals surface area contributed by atoms with E-state index in [-0.39, 0.29) is 36.3 Å². The van der Waals surface area contributed by atoms with E-state index in [4.69, 9.17) is 14.2 Å². The molecule has 1 saturated carbocycles. The molecular formula is C24H29F2N3O4. The van der Waals surface area contributed by atoms with Crippen molar-refractivity contribution in [3.8, 4) is 17.2 Å². The maximum Gasteiger partial charge on any atom is 0.272 e. The summed E-state index contributed by atoms with van der Waals surface area (Å²) < 4.78 is 43.3. The Morgan fingerprint density at radius 3 is 2.39 bits per heavy atom. The van der Waals surface area contributed by atoms with Crippen molar-refractivity contribution in [3.05, 3.63) is 41.5 Å². The average molecular weight is 462 g/mol. The van der Waals surface area contributed by atoms with Crippen molar-refractivity contribution in [1.29, 1.82) is 0 Å². The lowest BCUT2D eigenvalue weighted by Crippen LogP contribution is -2.42. The highest BCUT2D eigenvalue weighted by Crippen LogP contribution is 2.44. The number of rotatable bonds is 7. The molecule has 33 heavy (non-hydrogen) atoms. The monoisotopic (exact) mass is 461 g/mol. The van der Waals surface area contributed by atoms with Gasteiger partial charge in [-0.25, -0.2) is 13.8 Å². The first-order chi connectivity index (χ1) is 15.8. The fourth-order valence-electron chi connectivity index (χ4n) is 4.36. The molecule has 2 aliphatic rings. The summed E-state index contributed by atoms with van der Waals surface area (Å²) in [6.45, 7) is 2.98. The van der Waals surface area contributed by atoms with Crippen LogP contribution in [0.15, 0.2) is 24.5 Å². The first kappa shape index (κ1) is 23.2. The van der Waals surface area contributed by atoms with E-state index in [1.807, 2.05) is 19.2 Å². The number of carbonyl (C=O) groups is 1. The third-order valence-corrected chi connectivity index (χ3v) is 6.61. The van der Waals surface area contributed by atoms with Crippen LogP contribution in [-0.4, -0.2) is 60.6 Å². The molecule has 0 bridgehead atoms. The van der Waals surface area contributed by atoms with Crippen LogP contribution in [0.25, 0.3) is 0 Å². The average Bonchev–Trinajstić information content (AvgIpc) is 2.83. The first-order valence-electron chi connectivity index (χ1n) is 11.2. The lowest BCUT2D eigenvalue weighted by Gasteiger charge is -2.35. The van der Waals surface area contributed by atoms with Gasteiger partial charge in [0.15, 0.2) is 11.5 Å². The van der Waals surface area contributed by atoms with Crippen molar-refractivity contribution in [3.63, 3.8) is 0 Å². The third kappa shape index (κ3) is 4.86. The van der Waals surface area contributed by atoms with Gasteiger partial charge in [0, 0.05) is 49.1 Å². The van der Waals surface area contributed by atoms with Gasteiger partial charge < -0.3 is 19.1 Å². The van der Waals surface area contributed by atoms with Crippen LogP contribution in [0, 0.1) is 12.8 Å². The number of hydrogen-bond acceptors (Lipinski definition) is 6. The molecule has 3 heterocycles. The number of alkyl halides is 2. The maximum atomic E-state index is 13.5. The molecule has 1 aliphatic carbocycles. The summed E-state index contributed by atoms with van der Waals surface area (Å²) >= 11 is 0. The molecule has 1 atom stereocenters. The van der Waals surface area contributed by atoms with Crippen LogP contribution >= 0.6 is 0 Å². The van der Waals surface area contributed by atoms with E-state index >= 15 is 0 Å². The smallest absolute Gasteiger partial charge is 0.272 e. The summed E-state index contributed by atoms with van der Waals surface area (Å²) in [6, 6.07) is 3.44. The summed E-state index contributed by atoms with van der Waals surface area (Å²) in [7, 11) is 3.10. The van der Waals surface area contributed by atoms with Gasteiger partial charge in [0.25, 0.3) is 11.8 Å². The number of hydrogen-bond donors (Lipinski definition) is 0. The van der Waals surface area contributed by atoms with E-state index in [0.717, 1.165) is 29.8 Å². The number of ether oxygens (including phenoxy) is 3. The highest BCUT2D eigenvalue weighted by molar-refractivity contribution is 5.93. The van der Waals surface area contributed by atoms with Crippen molar-refractivity contribution < 1.29 is 27.8 Å². The zero-order chi connectivity index (χ0) is 23.6. The van der Waals surface area contributed by atoms with Gasteiger partial charge >= 0.3 is 0 Å². The molecule has 0 radical (unpaired) electrons. The fourth-order valence-corrected chi connectivity index (χ4v) is 4.36. The number of nitrogens with zero attached hydrogens (tertiary/aromatic N) is 3. The standard InChI is InChI=1S/C24H29F2N3O4/c1-15-10-20(31-2)18(12-27-15)16-5-8-29(9-6-16)23(30)19-11-21(32-3)22(13-28-19)33-14-17-4-7-24(17,25)26/h10-13,16-17H,4-9,14H2,1-3H3. The topological polar surface area (TPSA) is 73.8 Å². The van der Waals surface area contributed by atoms with E-state index in [1.165, 1.54) is 19.4 Å². The Bertz CT molecular complexity index is 1010. The number of aryl methyl sites for hydroxylation is 1. The Balaban J connectivity index is 1.38. The lowest BCUT2D eigenvalue weighted by atomic mass is 9.81. The number of aromatic nitrogens is 2. The van der Waals surface area contributed by atoms with Gasteiger partial charge in [0.2, 0.25) is 0 Å². The second-order valence-corrected chi connectivity index (χ2v) is 8.66. The van der Waals surface area contributed by atoms with Crippen LogP contribution in [0.4, 0.5) is 8.78 Å². The van der Waals surface area contributed by atoms with Gasteiger partial charge in [0.1, 0.15) is 11.4 Å². The van der Waals surface area contributed by atoms with Crippen LogP contribution in [-0.2, 0) is 0 Å². The number of pyridine rings is 2. The first-order valence-corrected chi connectivity index (χ1v) is 11.2. The number of methoxy groups -OCH3 is 2. The number of halogens is 2. The van der Waals surface area contributed by atoms with Crippen LogP contribution in [0.1, 0.15) is 53.3 Å². The van der Waals surface area contributed by atoms with Crippen LogP contribution < -0.4 is 14.2 Å².